The van der Waals surface area contributed by atoms with Crippen molar-refractivity contribution in [3.63, 3.8) is 0 Å². The fourth-order valence-electron chi connectivity index (χ4n) is 2.76. The van der Waals surface area contributed by atoms with Gasteiger partial charge in [-0.15, -0.1) is 0 Å². The van der Waals surface area contributed by atoms with Gasteiger partial charge < -0.3 is 9.47 Å². The predicted octanol–water partition coefficient (Wildman–Crippen LogP) is 4.64. The summed E-state index contributed by atoms with van der Waals surface area (Å²) in [5.74, 6) is 1.83. The molecule has 0 saturated heterocycles. The molecule has 0 fully saturated rings. The largest absolute Gasteiger partial charge is 0.496 e. The van der Waals surface area contributed by atoms with Gasteiger partial charge in [0.15, 0.2) is 0 Å². The summed E-state index contributed by atoms with van der Waals surface area (Å²) < 4.78 is 26.4. The van der Waals surface area contributed by atoms with Gasteiger partial charge in [0.2, 0.25) is 11.7 Å². The van der Waals surface area contributed by atoms with Crippen LogP contribution in [0.4, 0.5) is 4.39 Å². The molecule has 0 spiro atoms. The zero-order valence-electron chi connectivity index (χ0n) is 14.3. The maximum Gasteiger partial charge on any atom is 0.242 e. The maximum atomic E-state index is 13.4. The molecule has 4 rings (SSSR count). The smallest absolute Gasteiger partial charge is 0.242 e. The van der Waals surface area contributed by atoms with Crippen LogP contribution in [-0.4, -0.2) is 21.5 Å². The van der Waals surface area contributed by atoms with Gasteiger partial charge in [0.05, 0.1) is 12.8 Å². The summed E-state index contributed by atoms with van der Waals surface area (Å²) in [6.45, 7) is 1.91. The summed E-state index contributed by atoms with van der Waals surface area (Å²) in [4.78, 5) is 8.84. The molecule has 2 aromatic heterocycles. The summed E-state index contributed by atoms with van der Waals surface area (Å²) >= 11 is 0. The number of aryl methyl sites for hydroxylation is 1. The van der Waals surface area contributed by atoms with Crippen molar-refractivity contribution in [2.45, 2.75) is 6.92 Å². The zero-order valence-corrected chi connectivity index (χ0v) is 14.3. The second-order valence-corrected chi connectivity index (χ2v) is 5.77. The lowest BCUT2D eigenvalue weighted by atomic mass is 10.1. The van der Waals surface area contributed by atoms with Crippen LogP contribution in [0, 0.1) is 12.7 Å². The summed E-state index contributed by atoms with van der Waals surface area (Å²) in [7, 11) is 1.51. The first-order chi connectivity index (χ1) is 12.7. The van der Waals surface area contributed by atoms with Crippen molar-refractivity contribution in [3.05, 3.63) is 72.4 Å². The molecule has 5 nitrogen and oxygen atoms in total. The summed E-state index contributed by atoms with van der Waals surface area (Å²) in [6.07, 6.45) is 3.57. The quantitative estimate of drug-likeness (QED) is 0.538. The molecular weight excluding hydrogens is 333 g/mol. The Balaban J connectivity index is 1.77. The predicted molar refractivity (Wildman–Crippen MR) is 96.2 cm³/mol. The van der Waals surface area contributed by atoms with E-state index in [-0.39, 0.29) is 5.82 Å². The highest BCUT2D eigenvalue weighted by molar-refractivity contribution is 5.70. The number of hydrogen-bond acceptors (Lipinski definition) is 4. The molecule has 0 unspecified atom stereocenters. The van der Waals surface area contributed by atoms with Crippen LogP contribution in [0.1, 0.15) is 5.69 Å². The van der Waals surface area contributed by atoms with Gasteiger partial charge in [-0.05, 0) is 31.2 Å². The first-order valence-electron chi connectivity index (χ1n) is 8.07. The highest BCUT2D eigenvalue weighted by Gasteiger charge is 2.14. The van der Waals surface area contributed by atoms with Gasteiger partial charge in [-0.2, -0.15) is 4.98 Å². The summed E-state index contributed by atoms with van der Waals surface area (Å²) in [5, 5.41) is 0. The molecule has 0 aliphatic carbocycles. The number of ether oxygens (including phenoxy) is 2. The first kappa shape index (κ1) is 16.1. The minimum Gasteiger partial charge on any atom is -0.496 e. The van der Waals surface area contributed by atoms with Gasteiger partial charge in [0.1, 0.15) is 17.3 Å². The molecular formula is C20H16FN3O2. The van der Waals surface area contributed by atoms with E-state index in [0.717, 1.165) is 16.8 Å². The Bertz CT molecular complexity index is 1080. The number of nitrogens with zero attached hydrogens (tertiary/aromatic N) is 3. The summed E-state index contributed by atoms with van der Waals surface area (Å²) in [6, 6.07) is 13.9. The molecule has 0 aliphatic heterocycles. The third kappa shape index (κ3) is 2.86. The Labute approximate surface area is 149 Å². The van der Waals surface area contributed by atoms with Crippen molar-refractivity contribution in [3.8, 4) is 28.5 Å². The molecule has 4 aromatic rings. The second kappa shape index (κ2) is 6.48. The minimum absolute atomic E-state index is 0.350. The van der Waals surface area contributed by atoms with Crippen molar-refractivity contribution in [2.75, 3.05) is 7.11 Å². The van der Waals surface area contributed by atoms with E-state index in [4.69, 9.17) is 9.47 Å². The van der Waals surface area contributed by atoms with Crippen LogP contribution in [-0.2, 0) is 0 Å². The molecule has 130 valence electrons. The number of benzene rings is 2. The number of para-hydroxylation sites is 1. The molecule has 0 saturated carbocycles. The van der Waals surface area contributed by atoms with Crippen LogP contribution in [0.3, 0.4) is 0 Å². The average Bonchev–Trinajstić information content (AvgIpc) is 2.97. The normalized spacial score (nSPS) is 10.9. The lowest BCUT2D eigenvalue weighted by Gasteiger charge is -2.09. The number of rotatable bonds is 4. The van der Waals surface area contributed by atoms with Crippen LogP contribution >= 0.6 is 0 Å². The number of imidazole rings is 1. The van der Waals surface area contributed by atoms with Gasteiger partial charge in [0, 0.05) is 29.6 Å². The monoisotopic (exact) mass is 349 g/mol. The van der Waals surface area contributed by atoms with E-state index in [2.05, 4.69) is 9.97 Å². The van der Waals surface area contributed by atoms with E-state index < -0.39 is 0 Å². The molecule has 2 aromatic carbocycles. The van der Waals surface area contributed by atoms with Crippen LogP contribution in [0.15, 0.2) is 60.9 Å². The third-order valence-corrected chi connectivity index (χ3v) is 4.11. The molecule has 0 atom stereocenters. The highest BCUT2D eigenvalue weighted by Crippen LogP contribution is 2.31. The Kier molecular flexibility index (Phi) is 4.01. The van der Waals surface area contributed by atoms with E-state index in [0.29, 0.717) is 23.2 Å². The molecule has 6 heteroatoms. The van der Waals surface area contributed by atoms with E-state index in [1.807, 2.05) is 47.9 Å². The Morgan fingerprint density at radius 2 is 1.88 bits per heavy atom. The minimum atomic E-state index is -0.350. The van der Waals surface area contributed by atoms with Gasteiger partial charge in [-0.3, -0.25) is 4.40 Å². The van der Waals surface area contributed by atoms with Crippen molar-refractivity contribution in [1.29, 1.82) is 0 Å². The molecule has 2 heterocycles. The molecule has 0 amide bonds. The second-order valence-electron chi connectivity index (χ2n) is 5.77. The van der Waals surface area contributed by atoms with Gasteiger partial charge in [-0.25, -0.2) is 9.37 Å². The van der Waals surface area contributed by atoms with E-state index in [1.165, 1.54) is 19.2 Å². The molecule has 0 aliphatic rings. The SMILES string of the molecule is COc1cc(F)ccc1-c1cnc2nc(Oc3ccccc3)c(C)n2c1. The van der Waals surface area contributed by atoms with Crippen LogP contribution in [0.5, 0.6) is 17.4 Å². The van der Waals surface area contributed by atoms with Crippen LogP contribution < -0.4 is 9.47 Å². The number of aromatic nitrogens is 3. The maximum absolute atomic E-state index is 13.4. The Morgan fingerprint density at radius 1 is 1.08 bits per heavy atom. The fraction of sp³-hybridized carbons (Fsp3) is 0.100. The number of methoxy groups -OCH3 is 1. The Hall–Kier alpha value is -3.41. The molecule has 0 bridgehead atoms. The van der Waals surface area contributed by atoms with Gasteiger partial charge >= 0.3 is 0 Å². The molecule has 0 radical (unpaired) electrons. The van der Waals surface area contributed by atoms with Crippen LogP contribution in [0.2, 0.25) is 0 Å². The lowest BCUT2D eigenvalue weighted by Crippen LogP contribution is -1.95. The standard InChI is InChI=1S/C20H16FN3O2/c1-13-19(26-16-6-4-3-5-7-16)23-20-22-11-14(12-24(13)20)17-9-8-15(21)10-18(17)25-2/h3-12H,1-2H3. The van der Waals surface area contributed by atoms with Crippen LogP contribution in [0.25, 0.3) is 16.9 Å². The third-order valence-electron chi connectivity index (χ3n) is 4.11. The first-order valence-corrected chi connectivity index (χ1v) is 8.07. The van der Waals surface area contributed by atoms with E-state index in [9.17, 15) is 4.39 Å². The van der Waals surface area contributed by atoms with E-state index >= 15 is 0 Å². The summed E-state index contributed by atoms with van der Waals surface area (Å²) in [5.41, 5.74) is 2.36. The Morgan fingerprint density at radius 3 is 2.65 bits per heavy atom. The van der Waals surface area contributed by atoms with Crippen molar-refractivity contribution in [2.24, 2.45) is 0 Å². The highest BCUT2D eigenvalue weighted by atomic mass is 19.1. The van der Waals surface area contributed by atoms with Crippen molar-refractivity contribution >= 4 is 5.78 Å². The number of halogens is 1. The molecule has 26 heavy (non-hydrogen) atoms. The van der Waals surface area contributed by atoms with E-state index in [1.54, 1.807) is 12.3 Å². The molecule has 0 N–H and O–H groups in total. The van der Waals surface area contributed by atoms with Crippen molar-refractivity contribution in [1.82, 2.24) is 14.4 Å². The topological polar surface area (TPSA) is 48.7 Å². The fourth-order valence-corrected chi connectivity index (χ4v) is 2.76. The lowest BCUT2D eigenvalue weighted by molar-refractivity contribution is 0.413. The number of hydrogen-bond donors (Lipinski definition) is 0. The van der Waals surface area contributed by atoms with Gasteiger partial charge in [-0.1, -0.05) is 18.2 Å². The zero-order chi connectivity index (χ0) is 18.1. The average molecular weight is 349 g/mol. The van der Waals surface area contributed by atoms with Gasteiger partial charge in [0.25, 0.3) is 0 Å². The number of fused-ring (bicyclic) bond motifs is 1. The van der Waals surface area contributed by atoms with Crippen molar-refractivity contribution < 1.29 is 13.9 Å².